The fourth-order valence-corrected chi connectivity index (χ4v) is 6.43. The number of piperazine rings is 1. The second-order valence-corrected chi connectivity index (χ2v) is 11.2. The first-order chi connectivity index (χ1) is 20.4. The third-order valence-corrected chi connectivity index (χ3v) is 8.60. The molecule has 220 valence electrons. The highest BCUT2D eigenvalue weighted by molar-refractivity contribution is 6.06. The van der Waals surface area contributed by atoms with Gasteiger partial charge >= 0.3 is 5.91 Å². The number of aromatic amines is 1. The van der Waals surface area contributed by atoms with Crippen molar-refractivity contribution in [3.63, 3.8) is 0 Å². The van der Waals surface area contributed by atoms with Crippen molar-refractivity contribution in [3.8, 4) is 11.1 Å². The van der Waals surface area contributed by atoms with Crippen LogP contribution >= 0.6 is 0 Å². The SMILES string of the molecule is CCN1CCN/C(=C\C(N)=Nc2cc(-c3cc[nH+]c(N4CCn5c(cc6c5CCCC6)C4=O)c3CO)cn(C)c2=O)C1. The summed E-state index contributed by atoms with van der Waals surface area (Å²) in [5.74, 6) is 0.708. The minimum Gasteiger partial charge on any atom is -0.391 e. The van der Waals surface area contributed by atoms with E-state index in [1.54, 1.807) is 36.5 Å². The Labute approximate surface area is 245 Å². The maximum absolute atomic E-state index is 13.7. The quantitative estimate of drug-likeness (QED) is 0.303. The molecule has 11 nitrogen and oxygen atoms in total. The average Bonchev–Trinajstić information content (AvgIpc) is 3.39. The summed E-state index contributed by atoms with van der Waals surface area (Å²) in [6, 6.07) is 5.58. The number of carbonyl (C=O) groups excluding carboxylic acids is 1. The fraction of sp³-hybridized carbons (Fsp3) is 0.419. The van der Waals surface area contributed by atoms with Crippen molar-refractivity contribution in [2.45, 2.75) is 45.8 Å². The summed E-state index contributed by atoms with van der Waals surface area (Å²) in [6.07, 6.45) is 9.59. The summed E-state index contributed by atoms with van der Waals surface area (Å²) in [5.41, 5.74) is 12.4. The molecule has 11 heteroatoms. The molecule has 2 aliphatic heterocycles. The van der Waals surface area contributed by atoms with Crippen LogP contribution in [-0.4, -0.2) is 63.6 Å². The fourth-order valence-electron chi connectivity index (χ4n) is 6.43. The Balaban J connectivity index is 1.35. The highest BCUT2D eigenvalue weighted by atomic mass is 16.3. The van der Waals surface area contributed by atoms with Crippen LogP contribution in [0.3, 0.4) is 0 Å². The van der Waals surface area contributed by atoms with Crippen molar-refractivity contribution in [1.82, 2.24) is 19.4 Å². The number of aryl methyl sites for hydroxylation is 2. The molecule has 5 heterocycles. The summed E-state index contributed by atoms with van der Waals surface area (Å²) in [5, 5.41) is 13.9. The molecule has 42 heavy (non-hydrogen) atoms. The molecule has 0 spiro atoms. The van der Waals surface area contributed by atoms with E-state index in [9.17, 15) is 14.7 Å². The lowest BCUT2D eigenvalue weighted by atomic mass is 9.98. The van der Waals surface area contributed by atoms with Crippen molar-refractivity contribution in [2.24, 2.45) is 17.8 Å². The first-order valence-electron chi connectivity index (χ1n) is 14.8. The van der Waals surface area contributed by atoms with E-state index >= 15 is 0 Å². The Kier molecular flexibility index (Phi) is 7.70. The molecule has 3 aromatic rings. The smallest absolute Gasteiger partial charge is 0.357 e. The van der Waals surface area contributed by atoms with Gasteiger partial charge in [-0.3, -0.25) is 9.69 Å². The van der Waals surface area contributed by atoms with Crippen LogP contribution in [0.5, 0.6) is 0 Å². The van der Waals surface area contributed by atoms with Crippen LogP contribution in [0.15, 0.2) is 52.2 Å². The van der Waals surface area contributed by atoms with E-state index in [-0.39, 0.29) is 29.6 Å². The number of aromatic nitrogens is 3. The monoisotopic (exact) mass is 571 g/mol. The van der Waals surface area contributed by atoms with Crippen LogP contribution in [0.4, 0.5) is 11.5 Å². The van der Waals surface area contributed by atoms with Gasteiger partial charge in [-0.15, -0.1) is 0 Å². The maximum Gasteiger partial charge on any atom is 0.357 e. The largest absolute Gasteiger partial charge is 0.391 e. The lowest BCUT2D eigenvalue weighted by Gasteiger charge is -2.28. The number of amidine groups is 1. The molecule has 5 N–H and O–H groups in total. The number of amides is 1. The number of aliphatic hydroxyl groups is 1. The van der Waals surface area contributed by atoms with Gasteiger partial charge in [0.15, 0.2) is 0 Å². The van der Waals surface area contributed by atoms with Crippen LogP contribution in [0, 0.1) is 0 Å². The standard InChI is InChI=1S/C31H38N8O3/c1-3-37-11-10-33-22(18-37)16-28(32)35-25-14-21(17-36(2)30(25)41)23-8-9-34-29(24(23)19-40)39-13-12-38-26-7-5-4-6-20(26)15-27(38)31(39)42/h8-9,14-17,33,40H,3-7,10-13,18-19H2,1-2H3,(H2,32,35)/p+1/b22-16-. The number of nitrogens with two attached hydrogens (primary N) is 1. The van der Waals surface area contributed by atoms with Crippen LogP contribution in [0.25, 0.3) is 11.1 Å². The summed E-state index contributed by atoms with van der Waals surface area (Å²) >= 11 is 0. The number of aliphatic imine (C=N–C) groups is 1. The van der Waals surface area contributed by atoms with E-state index in [1.165, 1.54) is 15.8 Å². The van der Waals surface area contributed by atoms with Gasteiger partial charge in [-0.1, -0.05) is 6.92 Å². The van der Waals surface area contributed by atoms with Crippen LogP contribution in [0.2, 0.25) is 0 Å². The molecule has 0 bridgehead atoms. The lowest BCUT2D eigenvalue weighted by molar-refractivity contribution is -0.364. The van der Waals surface area contributed by atoms with Gasteiger partial charge in [-0.05, 0) is 56.0 Å². The van der Waals surface area contributed by atoms with Gasteiger partial charge in [0.2, 0.25) is 0 Å². The number of pyridine rings is 2. The predicted molar refractivity (Wildman–Crippen MR) is 162 cm³/mol. The second-order valence-electron chi connectivity index (χ2n) is 11.2. The van der Waals surface area contributed by atoms with Crippen LogP contribution in [-0.2, 0) is 33.0 Å². The molecule has 1 aliphatic carbocycles. The normalized spacial score (nSPS) is 18.6. The average molecular weight is 572 g/mol. The van der Waals surface area contributed by atoms with E-state index in [1.807, 2.05) is 12.1 Å². The second kappa shape index (κ2) is 11.6. The van der Waals surface area contributed by atoms with Gasteiger partial charge in [0.25, 0.3) is 11.4 Å². The summed E-state index contributed by atoms with van der Waals surface area (Å²) < 4.78 is 3.64. The maximum atomic E-state index is 13.7. The number of nitrogens with one attached hydrogen (secondary N) is 2. The number of H-pyrrole nitrogens is 1. The summed E-state index contributed by atoms with van der Waals surface area (Å²) in [4.78, 5) is 38.5. The van der Waals surface area contributed by atoms with E-state index in [2.05, 4.69) is 31.7 Å². The molecule has 0 unspecified atom stereocenters. The number of hydrogen-bond acceptors (Lipinski definition) is 6. The molecule has 0 atom stereocenters. The Bertz CT molecular complexity index is 1650. The van der Waals surface area contributed by atoms with Crippen LogP contribution in [0.1, 0.15) is 47.1 Å². The van der Waals surface area contributed by atoms with Gasteiger partial charge in [0, 0.05) is 61.5 Å². The molecular formula is C31H39N8O3+. The predicted octanol–water partition coefficient (Wildman–Crippen LogP) is 1.50. The minimum atomic E-state index is -0.293. The van der Waals surface area contributed by atoms with E-state index in [0.29, 0.717) is 41.3 Å². The topological polar surface area (TPSA) is 135 Å². The number of anilines is 1. The minimum absolute atomic E-state index is 0.0803. The van der Waals surface area contributed by atoms with Crippen molar-refractivity contribution >= 4 is 23.2 Å². The summed E-state index contributed by atoms with van der Waals surface area (Å²) in [7, 11) is 1.67. The van der Waals surface area contributed by atoms with Crippen LogP contribution < -0.4 is 26.5 Å². The molecule has 1 saturated heterocycles. The van der Waals surface area contributed by atoms with Crippen molar-refractivity contribution in [1.29, 1.82) is 0 Å². The zero-order valence-electron chi connectivity index (χ0n) is 24.3. The molecule has 3 aliphatic rings. The first-order valence-corrected chi connectivity index (χ1v) is 14.8. The van der Waals surface area contributed by atoms with Gasteiger partial charge in [-0.2, -0.15) is 4.90 Å². The lowest BCUT2D eigenvalue weighted by Crippen LogP contribution is -2.43. The molecule has 0 radical (unpaired) electrons. The van der Waals surface area contributed by atoms with E-state index in [0.717, 1.165) is 57.6 Å². The highest BCUT2D eigenvalue weighted by Gasteiger charge is 2.37. The van der Waals surface area contributed by atoms with Gasteiger partial charge in [-0.25, -0.2) is 14.8 Å². The van der Waals surface area contributed by atoms with Gasteiger partial charge in [0.05, 0.1) is 24.9 Å². The zero-order valence-corrected chi connectivity index (χ0v) is 24.3. The number of rotatable bonds is 6. The van der Waals surface area contributed by atoms with Gasteiger partial charge in [0.1, 0.15) is 23.8 Å². The highest BCUT2D eigenvalue weighted by Crippen LogP contribution is 2.33. The van der Waals surface area contributed by atoms with E-state index < -0.39 is 0 Å². The molecule has 1 fully saturated rings. The molecule has 3 aromatic heterocycles. The van der Waals surface area contributed by atoms with Gasteiger partial charge < -0.3 is 25.3 Å². The van der Waals surface area contributed by atoms with Crippen molar-refractivity contribution < 1.29 is 14.9 Å². The molecular weight excluding hydrogens is 532 g/mol. The number of likely N-dealkylation sites (N-methyl/N-ethyl adjacent to an activating group) is 1. The number of aliphatic hydroxyl groups excluding tert-OH is 1. The zero-order chi connectivity index (χ0) is 29.4. The molecule has 0 saturated carbocycles. The third kappa shape index (κ3) is 5.14. The third-order valence-electron chi connectivity index (χ3n) is 8.60. The number of fused-ring (bicyclic) bond motifs is 3. The van der Waals surface area contributed by atoms with Crippen molar-refractivity contribution in [2.75, 3.05) is 37.6 Å². The number of carbonyl (C=O) groups is 1. The number of nitrogens with zero attached hydrogens (tertiary/aromatic N) is 5. The Hall–Kier alpha value is -4.22. The number of hydrogen-bond donors (Lipinski definition) is 3. The molecule has 6 rings (SSSR count). The summed E-state index contributed by atoms with van der Waals surface area (Å²) in [6.45, 7) is 6.52. The van der Waals surface area contributed by atoms with E-state index in [4.69, 9.17) is 5.73 Å². The Morgan fingerprint density at radius 1 is 1.19 bits per heavy atom. The molecule has 1 amide bonds. The Morgan fingerprint density at radius 3 is 2.83 bits per heavy atom. The molecule has 0 aromatic carbocycles. The first kappa shape index (κ1) is 27.9. The Morgan fingerprint density at radius 2 is 2.02 bits per heavy atom. The van der Waals surface area contributed by atoms with Crippen molar-refractivity contribution in [3.05, 3.63) is 75.2 Å².